The molecule has 4 heteroatoms. The number of unbranched alkanes of at least 4 members (excludes halogenated alkanes) is 1. The maximum absolute atomic E-state index is 6.26. The molecular formula is C22H35Cl2NO. The summed E-state index contributed by atoms with van der Waals surface area (Å²) in [6, 6.07) is 6.22. The van der Waals surface area contributed by atoms with Crippen molar-refractivity contribution in [2.75, 3.05) is 26.3 Å². The second-order valence-corrected chi connectivity index (χ2v) is 8.74. The van der Waals surface area contributed by atoms with E-state index in [4.69, 9.17) is 27.9 Å². The third kappa shape index (κ3) is 6.71. The lowest BCUT2D eigenvalue weighted by Crippen LogP contribution is -2.36. The van der Waals surface area contributed by atoms with Crippen LogP contribution in [-0.4, -0.2) is 26.3 Å². The van der Waals surface area contributed by atoms with E-state index in [2.05, 4.69) is 31.3 Å². The summed E-state index contributed by atoms with van der Waals surface area (Å²) in [7, 11) is 0. The Bertz CT molecular complexity index is 531. The van der Waals surface area contributed by atoms with Crippen molar-refractivity contribution in [2.24, 2.45) is 5.92 Å². The average Bonchev–Trinajstić information content (AvgIpc) is 2.59. The van der Waals surface area contributed by atoms with Crippen LogP contribution in [0.2, 0.25) is 10.0 Å². The molecule has 0 amide bonds. The van der Waals surface area contributed by atoms with Crippen molar-refractivity contribution in [3.8, 4) is 0 Å². The summed E-state index contributed by atoms with van der Waals surface area (Å²) in [6.45, 7) is 8.51. The first-order valence-electron chi connectivity index (χ1n) is 10.3. The first-order chi connectivity index (χ1) is 12.6. The molecule has 1 aromatic carbocycles. The van der Waals surface area contributed by atoms with Gasteiger partial charge in [-0.2, -0.15) is 0 Å². The van der Waals surface area contributed by atoms with E-state index in [1.54, 1.807) is 0 Å². The van der Waals surface area contributed by atoms with Crippen LogP contribution < -0.4 is 5.32 Å². The van der Waals surface area contributed by atoms with Gasteiger partial charge in [-0.3, -0.25) is 0 Å². The smallest absolute Gasteiger partial charge is 0.0595 e. The van der Waals surface area contributed by atoms with Crippen molar-refractivity contribution in [1.29, 1.82) is 0 Å². The first-order valence-corrected chi connectivity index (χ1v) is 11.1. The van der Waals surface area contributed by atoms with Crippen molar-refractivity contribution in [2.45, 2.75) is 70.6 Å². The number of hydrogen-bond donors (Lipinski definition) is 1. The Kier molecular flexibility index (Phi) is 9.77. The van der Waals surface area contributed by atoms with E-state index in [1.807, 2.05) is 6.07 Å². The van der Waals surface area contributed by atoms with Gasteiger partial charge in [-0.05, 0) is 80.6 Å². The predicted octanol–water partition coefficient (Wildman–Crippen LogP) is 6.63. The SMILES string of the molecule is CCCCOCCCNCC[C@H](C)CC1(c2ccc(Cl)c(Cl)c2)CCC1. The van der Waals surface area contributed by atoms with Gasteiger partial charge in [0.1, 0.15) is 0 Å². The van der Waals surface area contributed by atoms with E-state index in [1.165, 1.54) is 50.5 Å². The monoisotopic (exact) mass is 399 g/mol. The Labute approximate surface area is 170 Å². The molecule has 1 aromatic rings. The fourth-order valence-electron chi connectivity index (χ4n) is 3.93. The highest BCUT2D eigenvalue weighted by Crippen LogP contribution is 2.49. The molecule has 1 fully saturated rings. The van der Waals surface area contributed by atoms with Gasteiger partial charge in [-0.25, -0.2) is 0 Å². The summed E-state index contributed by atoms with van der Waals surface area (Å²) >= 11 is 12.4. The first kappa shape index (κ1) is 22.0. The van der Waals surface area contributed by atoms with Crippen LogP contribution in [-0.2, 0) is 10.2 Å². The number of benzene rings is 1. The van der Waals surface area contributed by atoms with E-state index in [0.717, 1.165) is 32.7 Å². The Hall–Kier alpha value is -0.280. The number of rotatable bonds is 13. The van der Waals surface area contributed by atoms with Crippen LogP contribution in [0.1, 0.15) is 70.8 Å². The topological polar surface area (TPSA) is 21.3 Å². The Morgan fingerprint density at radius 3 is 2.54 bits per heavy atom. The maximum atomic E-state index is 6.26. The van der Waals surface area contributed by atoms with E-state index in [0.29, 0.717) is 21.4 Å². The van der Waals surface area contributed by atoms with Crippen LogP contribution in [0.4, 0.5) is 0 Å². The zero-order valence-electron chi connectivity index (χ0n) is 16.5. The maximum Gasteiger partial charge on any atom is 0.0595 e. The quantitative estimate of drug-likeness (QED) is 0.375. The Morgan fingerprint density at radius 1 is 1.12 bits per heavy atom. The zero-order valence-corrected chi connectivity index (χ0v) is 18.0. The van der Waals surface area contributed by atoms with Crippen LogP contribution in [0.3, 0.4) is 0 Å². The fourth-order valence-corrected chi connectivity index (χ4v) is 4.23. The van der Waals surface area contributed by atoms with Crippen molar-refractivity contribution >= 4 is 23.2 Å². The summed E-state index contributed by atoms with van der Waals surface area (Å²) in [5.74, 6) is 0.707. The molecule has 0 radical (unpaired) electrons. The van der Waals surface area contributed by atoms with Gasteiger partial charge in [0, 0.05) is 13.2 Å². The number of hydrogen-bond acceptors (Lipinski definition) is 2. The standard InChI is InChI=1S/C22H35Cl2NO/c1-3-4-14-26-15-6-12-25-13-9-18(2)17-22(10-5-11-22)19-7-8-20(23)21(24)16-19/h7-8,16,18,25H,3-6,9-15,17H2,1-2H3/t18-/m0/s1. The third-order valence-corrected chi connectivity index (χ3v) is 6.42. The van der Waals surface area contributed by atoms with Crippen molar-refractivity contribution in [3.63, 3.8) is 0 Å². The number of nitrogens with one attached hydrogen (secondary N) is 1. The third-order valence-electron chi connectivity index (χ3n) is 5.68. The van der Waals surface area contributed by atoms with Crippen LogP contribution in [0, 0.1) is 5.92 Å². The van der Waals surface area contributed by atoms with Crippen LogP contribution >= 0.6 is 23.2 Å². The summed E-state index contributed by atoms with van der Waals surface area (Å²) < 4.78 is 5.60. The molecule has 0 aromatic heterocycles. The lowest BCUT2D eigenvalue weighted by atomic mass is 9.60. The van der Waals surface area contributed by atoms with Gasteiger partial charge in [-0.1, -0.05) is 56.0 Å². The van der Waals surface area contributed by atoms with Crippen LogP contribution in [0.5, 0.6) is 0 Å². The molecule has 0 bridgehead atoms. The van der Waals surface area contributed by atoms with E-state index < -0.39 is 0 Å². The summed E-state index contributed by atoms with van der Waals surface area (Å²) in [5, 5.41) is 4.91. The Balaban J connectivity index is 1.66. The van der Waals surface area contributed by atoms with E-state index >= 15 is 0 Å². The van der Waals surface area contributed by atoms with Gasteiger partial charge >= 0.3 is 0 Å². The van der Waals surface area contributed by atoms with E-state index in [9.17, 15) is 0 Å². The molecule has 1 aliphatic rings. The summed E-state index contributed by atoms with van der Waals surface area (Å²) in [4.78, 5) is 0. The normalized spacial score (nSPS) is 17.1. The molecule has 0 heterocycles. The molecule has 0 spiro atoms. The molecule has 1 N–H and O–H groups in total. The van der Waals surface area contributed by atoms with Gasteiger partial charge in [0.15, 0.2) is 0 Å². The van der Waals surface area contributed by atoms with Gasteiger partial charge in [0.2, 0.25) is 0 Å². The summed E-state index contributed by atoms with van der Waals surface area (Å²) in [6.07, 6.45) is 9.82. The minimum Gasteiger partial charge on any atom is -0.381 e. The highest BCUT2D eigenvalue weighted by molar-refractivity contribution is 6.42. The minimum atomic E-state index is 0.320. The van der Waals surface area contributed by atoms with Crippen LogP contribution in [0.25, 0.3) is 0 Å². The van der Waals surface area contributed by atoms with Gasteiger partial charge in [0.25, 0.3) is 0 Å². The largest absolute Gasteiger partial charge is 0.381 e. The van der Waals surface area contributed by atoms with Crippen molar-refractivity contribution in [1.82, 2.24) is 5.32 Å². The highest BCUT2D eigenvalue weighted by Gasteiger charge is 2.39. The van der Waals surface area contributed by atoms with Gasteiger partial charge < -0.3 is 10.1 Å². The molecule has 1 atom stereocenters. The lowest BCUT2D eigenvalue weighted by molar-refractivity contribution is 0.128. The highest BCUT2D eigenvalue weighted by atomic mass is 35.5. The molecule has 148 valence electrons. The number of ether oxygens (including phenoxy) is 1. The van der Waals surface area contributed by atoms with Crippen LogP contribution in [0.15, 0.2) is 18.2 Å². The minimum absolute atomic E-state index is 0.320. The molecule has 26 heavy (non-hydrogen) atoms. The molecule has 0 aliphatic heterocycles. The molecular weight excluding hydrogens is 365 g/mol. The van der Waals surface area contributed by atoms with Gasteiger partial charge in [0.05, 0.1) is 10.0 Å². The molecule has 0 unspecified atom stereocenters. The van der Waals surface area contributed by atoms with Crippen molar-refractivity contribution < 1.29 is 4.74 Å². The predicted molar refractivity (Wildman–Crippen MR) is 114 cm³/mol. The average molecular weight is 400 g/mol. The lowest BCUT2D eigenvalue weighted by Gasteiger charge is -2.44. The van der Waals surface area contributed by atoms with Gasteiger partial charge in [-0.15, -0.1) is 0 Å². The second-order valence-electron chi connectivity index (χ2n) is 7.93. The molecule has 0 saturated heterocycles. The fraction of sp³-hybridized carbons (Fsp3) is 0.727. The van der Waals surface area contributed by atoms with E-state index in [-0.39, 0.29) is 0 Å². The molecule has 2 nitrogen and oxygen atoms in total. The second kappa shape index (κ2) is 11.5. The zero-order chi connectivity index (χ0) is 18.8. The molecule has 2 rings (SSSR count). The van der Waals surface area contributed by atoms with Crippen molar-refractivity contribution in [3.05, 3.63) is 33.8 Å². The molecule has 1 saturated carbocycles. The Morgan fingerprint density at radius 2 is 1.88 bits per heavy atom. The number of halogens is 2. The summed E-state index contributed by atoms with van der Waals surface area (Å²) in [5.41, 5.74) is 1.70. The molecule has 1 aliphatic carbocycles.